The van der Waals surface area contributed by atoms with E-state index in [-0.39, 0.29) is 24.5 Å². The Labute approximate surface area is 183 Å². The topological polar surface area (TPSA) is 110 Å². The van der Waals surface area contributed by atoms with Crippen LogP contribution in [-0.2, 0) is 23.9 Å². The van der Waals surface area contributed by atoms with Crippen LogP contribution in [0.15, 0.2) is 12.2 Å². The number of fused-ring (bicyclic) bond motifs is 3. The summed E-state index contributed by atoms with van der Waals surface area (Å²) < 4.78 is 11.3. The lowest BCUT2D eigenvalue weighted by molar-refractivity contribution is -0.254. The Morgan fingerprint density at radius 2 is 1.68 bits per heavy atom. The lowest BCUT2D eigenvalue weighted by Crippen LogP contribution is -2.71. The zero-order valence-electron chi connectivity index (χ0n) is 19.0. The minimum absolute atomic E-state index is 0.0221. The van der Waals surface area contributed by atoms with Crippen molar-refractivity contribution in [2.24, 2.45) is 34.0 Å². The van der Waals surface area contributed by atoms with Crippen LogP contribution in [0.1, 0.15) is 60.3 Å². The second kappa shape index (κ2) is 6.88. The molecule has 7 heteroatoms. The predicted octanol–water partition coefficient (Wildman–Crippen LogP) is 2.18. The fourth-order valence-electron chi connectivity index (χ4n) is 8.16. The van der Waals surface area contributed by atoms with Gasteiger partial charge in [-0.3, -0.25) is 14.4 Å². The van der Waals surface area contributed by atoms with Crippen molar-refractivity contribution in [3.8, 4) is 0 Å². The van der Waals surface area contributed by atoms with E-state index in [0.717, 1.165) is 0 Å². The van der Waals surface area contributed by atoms with E-state index in [9.17, 15) is 24.6 Å². The first-order chi connectivity index (χ1) is 14.3. The molecule has 0 heterocycles. The Morgan fingerprint density at radius 3 is 2.26 bits per heavy atom. The Bertz CT molecular complexity index is 847. The molecule has 4 rings (SSSR count). The summed E-state index contributed by atoms with van der Waals surface area (Å²) in [7, 11) is 0. The lowest BCUT2D eigenvalue weighted by atomic mass is 9.39. The number of rotatable bonds is 2. The van der Waals surface area contributed by atoms with Gasteiger partial charge in [0, 0.05) is 54.8 Å². The highest BCUT2D eigenvalue weighted by molar-refractivity contribution is 5.85. The summed E-state index contributed by atoms with van der Waals surface area (Å²) in [6, 6.07) is 0. The average Bonchev–Trinajstić information content (AvgIpc) is 2.79. The molecule has 0 saturated heterocycles. The van der Waals surface area contributed by atoms with Gasteiger partial charge in [0.1, 0.15) is 18.0 Å². The van der Waals surface area contributed by atoms with Crippen molar-refractivity contribution in [2.45, 2.75) is 84.7 Å². The van der Waals surface area contributed by atoms with Crippen LogP contribution >= 0.6 is 0 Å². The van der Waals surface area contributed by atoms with Crippen molar-refractivity contribution in [1.29, 1.82) is 0 Å². The zero-order chi connectivity index (χ0) is 23.1. The molecule has 0 aliphatic heterocycles. The van der Waals surface area contributed by atoms with Gasteiger partial charge in [-0.05, 0) is 24.3 Å². The quantitative estimate of drug-likeness (QED) is 0.506. The maximum atomic E-state index is 13.7. The highest BCUT2D eigenvalue weighted by Crippen LogP contribution is 2.71. The van der Waals surface area contributed by atoms with E-state index >= 15 is 0 Å². The van der Waals surface area contributed by atoms with E-state index in [4.69, 9.17) is 9.47 Å². The van der Waals surface area contributed by atoms with E-state index in [0.29, 0.717) is 18.4 Å². The highest BCUT2D eigenvalue weighted by atomic mass is 16.5. The number of ketones is 1. The standard InChI is InChI=1S/C24H34O7/c1-11-14-7-16(30-12(2)25)20-23(6)17(28)8-18(31-13(3)26)22(4,5)19(23)15(27)10-24(20,9-14)21(11)29/h14,16-21,28-29H,1,7-10H2,2-6H3/t14-,16+,17+,18+,19-,20+,21-,23-,24+/m1/s1. The first-order valence-corrected chi connectivity index (χ1v) is 11.2. The van der Waals surface area contributed by atoms with Crippen LogP contribution in [0, 0.1) is 34.0 Å². The monoisotopic (exact) mass is 434 g/mol. The molecule has 2 bridgehead atoms. The summed E-state index contributed by atoms with van der Waals surface area (Å²) in [6.07, 6.45) is -1.53. The largest absolute Gasteiger partial charge is 0.462 e. The van der Waals surface area contributed by atoms with Gasteiger partial charge in [0.2, 0.25) is 0 Å². The molecule has 4 fully saturated rings. The van der Waals surface area contributed by atoms with Gasteiger partial charge in [-0.2, -0.15) is 0 Å². The summed E-state index contributed by atoms with van der Waals surface area (Å²) in [6.45, 7) is 12.5. The van der Waals surface area contributed by atoms with Crippen molar-refractivity contribution < 1.29 is 34.1 Å². The van der Waals surface area contributed by atoms with Crippen LogP contribution < -0.4 is 0 Å². The Balaban J connectivity index is 1.87. The number of hydrogen-bond donors (Lipinski definition) is 2. The van der Waals surface area contributed by atoms with Crippen molar-refractivity contribution in [3.05, 3.63) is 12.2 Å². The Morgan fingerprint density at radius 1 is 1.06 bits per heavy atom. The molecule has 0 amide bonds. The maximum absolute atomic E-state index is 13.7. The molecule has 9 atom stereocenters. The molecule has 4 saturated carbocycles. The third kappa shape index (κ3) is 2.88. The maximum Gasteiger partial charge on any atom is 0.302 e. The van der Waals surface area contributed by atoms with Gasteiger partial charge >= 0.3 is 11.9 Å². The number of aliphatic hydroxyl groups is 2. The number of aliphatic hydroxyl groups excluding tert-OH is 2. The van der Waals surface area contributed by atoms with Gasteiger partial charge in [-0.25, -0.2) is 0 Å². The van der Waals surface area contributed by atoms with Crippen LogP contribution in [0.3, 0.4) is 0 Å². The SMILES string of the molecule is C=C1[C@@H]2C[C@H](OC(C)=O)[C@@H]3[C@@](CC(=O)[C@@H]4C(C)(C)[C@@H](OC(C)=O)C[C@H](O)[C@]43C)(C2)[C@@H]1O. The molecule has 0 unspecified atom stereocenters. The summed E-state index contributed by atoms with van der Waals surface area (Å²) >= 11 is 0. The zero-order valence-corrected chi connectivity index (χ0v) is 19.0. The highest BCUT2D eigenvalue weighted by Gasteiger charge is 2.75. The first-order valence-electron chi connectivity index (χ1n) is 11.2. The summed E-state index contributed by atoms with van der Waals surface area (Å²) in [4.78, 5) is 37.5. The number of hydrogen-bond acceptors (Lipinski definition) is 7. The molecule has 31 heavy (non-hydrogen) atoms. The summed E-state index contributed by atoms with van der Waals surface area (Å²) in [5.74, 6) is -1.96. The van der Waals surface area contributed by atoms with Crippen LogP contribution in [0.25, 0.3) is 0 Å². The van der Waals surface area contributed by atoms with Crippen molar-refractivity contribution >= 4 is 17.7 Å². The molecule has 1 spiro atoms. The minimum atomic E-state index is -0.961. The molecular formula is C24H34O7. The first kappa shape index (κ1) is 22.5. The van der Waals surface area contributed by atoms with Crippen molar-refractivity contribution in [2.75, 3.05) is 0 Å². The van der Waals surface area contributed by atoms with E-state index in [1.807, 2.05) is 20.8 Å². The second-order valence-corrected chi connectivity index (χ2v) is 11.1. The van der Waals surface area contributed by atoms with Gasteiger partial charge in [0.05, 0.1) is 12.2 Å². The molecule has 0 aromatic rings. The number of carbonyl (C=O) groups is 3. The van der Waals surface area contributed by atoms with E-state index < -0.39 is 64.4 Å². The number of carbonyl (C=O) groups excluding carboxylic acids is 3. The number of Topliss-reactive ketones (excluding diaryl/α,β-unsaturated/α-hetero) is 1. The normalized spacial score (nSPS) is 47.9. The van der Waals surface area contributed by atoms with Crippen LogP contribution in [-0.4, -0.2) is 52.4 Å². The summed E-state index contributed by atoms with van der Waals surface area (Å²) in [5, 5.41) is 22.7. The molecule has 0 aromatic heterocycles. The van der Waals surface area contributed by atoms with Crippen LogP contribution in [0.4, 0.5) is 0 Å². The summed E-state index contributed by atoms with van der Waals surface area (Å²) in [5.41, 5.74) is -1.80. The molecule has 0 radical (unpaired) electrons. The van der Waals surface area contributed by atoms with Gasteiger partial charge < -0.3 is 19.7 Å². The fourth-order valence-corrected chi connectivity index (χ4v) is 8.16. The van der Waals surface area contributed by atoms with Crippen LogP contribution in [0.5, 0.6) is 0 Å². The average molecular weight is 435 g/mol. The fraction of sp³-hybridized carbons (Fsp3) is 0.792. The number of esters is 2. The molecule has 7 nitrogen and oxygen atoms in total. The molecule has 4 aliphatic rings. The van der Waals surface area contributed by atoms with Crippen molar-refractivity contribution in [3.63, 3.8) is 0 Å². The van der Waals surface area contributed by atoms with Crippen LogP contribution in [0.2, 0.25) is 0 Å². The predicted molar refractivity (Wildman–Crippen MR) is 111 cm³/mol. The van der Waals surface area contributed by atoms with Gasteiger partial charge in [0.15, 0.2) is 0 Å². The smallest absolute Gasteiger partial charge is 0.302 e. The Hall–Kier alpha value is -1.73. The van der Waals surface area contributed by atoms with Gasteiger partial charge in [-0.1, -0.05) is 27.4 Å². The third-order valence-electron chi connectivity index (χ3n) is 9.03. The van der Waals surface area contributed by atoms with E-state index in [2.05, 4.69) is 6.58 Å². The molecular weight excluding hydrogens is 400 g/mol. The molecule has 2 N–H and O–H groups in total. The third-order valence-corrected chi connectivity index (χ3v) is 9.03. The van der Waals surface area contributed by atoms with E-state index in [1.54, 1.807) is 0 Å². The van der Waals surface area contributed by atoms with Gasteiger partial charge in [0.25, 0.3) is 0 Å². The van der Waals surface area contributed by atoms with Crippen molar-refractivity contribution in [1.82, 2.24) is 0 Å². The molecule has 172 valence electrons. The minimum Gasteiger partial charge on any atom is -0.462 e. The molecule has 0 aromatic carbocycles. The Kier molecular flexibility index (Phi) is 4.99. The van der Waals surface area contributed by atoms with Gasteiger partial charge in [-0.15, -0.1) is 0 Å². The second-order valence-electron chi connectivity index (χ2n) is 11.1. The number of ether oxygens (including phenoxy) is 2. The lowest BCUT2D eigenvalue weighted by Gasteiger charge is -2.66. The molecule has 4 aliphatic carbocycles. The van der Waals surface area contributed by atoms with E-state index in [1.165, 1.54) is 13.8 Å².